The second-order valence-electron chi connectivity index (χ2n) is 4.63. The molecule has 0 heterocycles. The van der Waals surface area contributed by atoms with Crippen LogP contribution in [0.5, 0.6) is 23.0 Å². The van der Waals surface area contributed by atoms with E-state index in [2.05, 4.69) is 0 Å². The van der Waals surface area contributed by atoms with Gasteiger partial charge in [0, 0.05) is 18.6 Å². The molecule has 0 unspecified atom stereocenters. The van der Waals surface area contributed by atoms with Crippen LogP contribution in [0.25, 0.3) is 0 Å². The predicted molar refractivity (Wildman–Crippen MR) is 81.4 cm³/mol. The van der Waals surface area contributed by atoms with E-state index in [0.717, 1.165) is 11.1 Å². The van der Waals surface area contributed by atoms with E-state index in [4.69, 9.17) is 9.47 Å². The maximum Gasteiger partial charge on any atom is 0.126 e. The summed E-state index contributed by atoms with van der Waals surface area (Å²) in [7, 11) is 0. The molecule has 0 amide bonds. The normalized spacial score (nSPS) is 10.4. The Morgan fingerprint density at radius 2 is 1.19 bits per heavy atom. The predicted octanol–water partition coefficient (Wildman–Crippen LogP) is 3.49. The van der Waals surface area contributed by atoms with Crippen LogP contribution < -0.4 is 9.47 Å². The number of benzene rings is 2. The van der Waals surface area contributed by atoms with Crippen molar-refractivity contribution in [2.24, 2.45) is 0 Å². The fourth-order valence-electron chi connectivity index (χ4n) is 2.16. The van der Waals surface area contributed by atoms with Gasteiger partial charge in [0.25, 0.3) is 0 Å². The topological polar surface area (TPSA) is 58.9 Å². The average molecular weight is 288 g/mol. The number of phenolic OH excluding ortho intramolecular Hbond substituents is 2. The van der Waals surface area contributed by atoms with Gasteiger partial charge in [-0.2, -0.15) is 0 Å². The van der Waals surface area contributed by atoms with E-state index >= 15 is 0 Å². The molecule has 2 aromatic rings. The molecule has 0 aliphatic rings. The zero-order chi connectivity index (χ0) is 15.2. The van der Waals surface area contributed by atoms with Crippen LogP contribution >= 0.6 is 0 Å². The SMILES string of the molecule is CCOc1cc(O)ccc1Cc1ccc(O)cc1OCC. The molecule has 0 bridgehead atoms. The van der Waals surface area contributed by atoms with Crippen molar-refractivity contribution >= 4 is 0 Å². The highest BCUT2D eigenvalue weighted by Gasteiger charge is 2.10. The Kier molecular flexibility index (Phi) is 4.93. The Balaban J connectivity index is 2.33. The summed E-state index contributed by atoms with van der Waals surface area (Å²) in [6.45, 7) is 4.87. The van der Waals surface area contributed by atoms with Crippen LogP contribution in [-0.4, -0.2) is 23.4 Å². The van der Waals surface area contributed by atoms with Crippen molar-refractivity contribution in [2.75, 3.05) is 13.2 Å². The van der Waals surface area contributed by atoms with Crippen molar-refractivity contribution in [1.82, 2.24) is 0 Å². The highest BCUT2D eigenvalue weighted by atomic mass is 16.5. The molecule has 2 aromatic carbocycles. The lowest BCUT2D eigenvalue weighted by molar-refractivity contribution is 0.330. The molecule has 0 aliphatic carbocycles. The Bertz CT molecular complexity index is 554. The average Bonchev–Trinajstić information content (AvgIpc) is 2.45. The number of phenols is 2. The molecule has 0 saturated heterocycles. The molecule has 2 N–H and O–H groups in total. The molecular weight excluding hydrogens is 268 g/mol. The van der Waals surface area contributed by atoms with E-state index in [1.54, 1.807) is 24.3 Å². The number of rotatable bonds is 6. The summed E-state index contributed by atoms with van der Waals surface area (Å²) in [6.07, 6.45) is 0.602. The smallest absolute Gasteiger partial charge is 0.126 e. The van der Waals surface area contributed by atoms with Crippen LogP contribution in [0.1, 0.15) is 25.0 Å². The maximum absolute atomic E-state index is 9.57. The van der Waals surface area contributed by atoms with E-state index in [0.29, 0.717) is 31.1 Å². The van der Waals surface area contributed by atoms with Gasteiger partial charge in [-0.25, -0.2) is 0 Å². The first-order valence-electron chi connectivity index (χ1n) is 7.03. The van der Waals surface area contributed by atoms with Crippen molar-refractivity contribution < 1.29 is 19.7 Å². The van der Waals surface area contributed by atoms with Crippen LogP contribution in [0.3, 0.4) is 0 Å². The maximum atomic E-state index is 9.57. The minimum Gasteiger partial charge on any atom is -0.508 e. The van der Waals surface area contributed by atoms with Gasteiger partial charge in [-0.05, 0) is 37.1 Å². The van der Waals surface area contributed by atoms with Gasteiger partial charge < -0.3 is 19.7 Å². The molecule has 0 radical (unpaired) electrons. The van der Waals surface area contributed by atoms with Crippen molar-refractivity contribution in [3.05, 3.63) is 47.5 Å². The summed E-state index contributed by atoms with van der Waals surface area (Å²) < 4.78 is 11.1. The lowest BCUT2D eigenvalue weighted by Crippen LogP contribution is -2.00. The molecule has 0 aromatic heterocycles. The zero-order valence-electron chi connectivity index (χ0n) is 12.3. The molecule has 0 fully saturated rings. The quantitative estimate of drug-likeness (QED) is 0.854. The minimum absolute atomic E-state index is 0.179. The van der Waals surface area contributed by atoms with Crippen LogP contribution in [0.15, 0.2) is 36.4 Å². The molecule has 4 nitrogen and oxygen atoms in total. The van der Waals surface area contributed by atoms with Crippen LogP contribution in [0, 0.1) is 0 Å². The van der Waals surface area contributed by atoms with Crippen molar-refractivity contribution in [2.45, 2.75) is 20.3 Å². The third-order valence-corrected chi connectivity index (χ3v) is 3.08. The van der Waals surface area contributed by atoms with Crippen molar-refractivity contribution in [3.63, 3.8) is 0 Å². The van der Waals surface area contributed by atoms with Gasteiger partial charge in [0.1, 0.15) is 23.0 Å². The number of hydrogen-bond acceptors (Lipinski definition) is 4. The van der Waals surface area contributed by atoms with E-state index in [9.17, 15) is 10.2 Å². The summed E-state index contributed by atoms with van der Waals surface area (Å²) in [5.41, 5.74) is 1.92. The highest BCUT2D eigenvalue weighted by Crippen LogP contribution is 2.31. The second kappa shape index (κ2) is 6.88. The third kappa shape index (κ3) is 3.81. The fourth-order valence-corrected chi connectivity index (χ4v) is 2.16. The van der Waals surface area contributed by atoms with E-state index in [1.165, 1.54) is 0 Å². The molecule has 4 heteroatoms. The highest BCUT2D eigenvalue weighted by molar-refractivity contribution is 5.47. The Morgan fingerprint density at radius 3 is 1.57 bits per heavy atom. The van der Waals surface area contributed by atoms with Crippen LogP contribution in [0.4, 0.5) is 0 Å². The largest absolute Gasteiger partial charge is 0.508 e. The molecule has 21 heavy (non-hydrogen) atoms. The number of aromatic hydroxyl groups is 2. The standard InChI is InChI=1S/C17H20O4/c1-3-20-16-10-14(18)7-5-12(16)9-13-6-8-15(19)11-17(13)21-4-2/h5-8,10-11,18-19H,3-4,9H2,1-2H3. The molecule has 2 rings (SSSR count). The number of hydrogen-bond donors (Lipinski definition) is 2. The monoisotopic (exact) mass is 288 g/mol. The van der Waals surface area contributed by atoms with Gasteiger partial charge >= 0.3 is 0 Å². The fraction of sp³-hybridized carbons (Fsp3) is 0.294. The van der Waals surface area contributed by atoms with Gasteiger partial charge in [0.05, 0.1) is 13.2 Å². The van der Waals surface area contributed by atoms with Crippen LogP contribution in [-0.2, 0) is 6.42 Å². The van der Waals surface area contributed by atoms with Gasteiger partial charge in [0.15, 0.2) is 0 Å². The first-order valence-corrected chi connectivity index (χ1v) is 7.03. The molecule has 0 spiro atoms. The van der Waals surface area contributed by atoms with Crippen molar-refractivity contribution in [1.29, 1.82) is 0 Å². The van der Waals surface area contributed by atoms with Gasteiger partial charge in [-0.1, -0.05) is 12.1 Å². The number of ether oxygens (including phenoxy) is 2. The first-order chi connectivity index (χ1) is 10.1. The van der Waals surface area contributed by atoms with Gasteiger partial charge in [-0.15, -0.1) is 0 Å². The molecule has 112 valence electrons. The van der Waals surface area contributed by atoms with E-state index in [1.807, 2.05) is 26.0 Å². The molecular formula is C17H20O4. The Morgan fingerprint density at radius 1 is 0.762 bits per heavy atom. The Hall–Kier alpha value is -2.36. The second-order valence-corrected chi connectivity index (χ2v) is 4.63. The van der Waals surface area contributed by atoms with Gasteiger partial charge in [-0.3, -0.25) is 0 Å². The molecule has 0 saturated carbocycles. The van der Waals surface area contributed by atoms with E-state index in [-0.39, 0.29) is 11.5 Å². The molecule has 0 atom stereocenters. The summed E-state index contributed by atoms with van der Waals surface area (Å²) in [5.74, 6) is 1.68. The minimum atomic E-state index is 0.179. The third-order valence-electron chi connectivity index (χ3n) is 3.08. The summed E-state index contributed by atoms with van der Waals surface area (Å²) in [6, 6.07) is 10.2. The van der Waals surface area contributed by atoms with E-state index < -0.39 is 0 Å². The lowest BCUT2D eigenvalue weighted by atomic mass is 10.0. The Labute approximate surface area is 124 Å². The summed E-state index contributed by atoms with van der Waals surface area (Å²) in [5, 5.41) is 19.1. The van der Waals surface area contributed by atoms with Crippen molar-refractivity contribution in [3.8, 4) is 23.0 Å². The van der Waals surface area contributed by atoms with Crippen LogP contribution in [0.2, 0.25) is 0 Å². The van der Waals surface area contributed by atoms with Gasteiger partial charge in [0.2, 0.25) is 0 Å². The zero-order valence-corrected chi connectivity index (χ0v) is 12.3. The summed E-state index contributed by atoms with van der Waals surface area (Å²) >= 11 is 0. The molecule has 0 aliphatic heterocycles. The first kappa shape index (κ1) is 15.0. The summed E-state index contributed by atoms with van der Waals surface area (Å²) in [4.78, 5) is 0. The lowest BCUT2D eigenvalue weighted by Gasteiger charge is -2.14.